The highest BCUT2D eigenvalue weighted by molar-refractivity contribution is 6.51. The van der Waals surface area contributed by atoms with Crippen LogP contribution in [0.5, 0.6) is 5.75 Å². The summed E-state index contributed by atoms with van der Waals surface area (Å²) in [5.74, 6) is 0.777. The molecule has 1 aliphatic rings. The highest BCUT2D eigenvalue weighted by Gasteiger charge is 2.17. The van der Waals surface area contributed by atoms with E-state index < -0.39 is 0 Å². The topological polar surface area (TPSA) is 41.8 Å². The third-order valence-corrected chi connectivity index (χ3v) is 3.16. The Hall–Kier alpha value is -1.48. The zero-order valence-electron chi connectivity index (χ0n) is 8.90. The Morgan fingerprint density at radius 2 is 2.25 bits per heavy atom. The van der Waals surface area contributed by atoms with Gasteiger partial charge < -0.3 is 9.94 Å². The van der Waals surface area contributed by atoms with Gasteiger partial charge in [0.15, 0.2) is 0 Å². The molecule has 2 rings (SSSR count). The molecule has 0 heterocycles. The monoisotopic (exact) mass is 237 g/mol. The number of benzene rings is 1. The number of oxime groups is 1. The molecule has 16 heavy (non-hydrogen) atoms. The molecule has 4 heteroatoms. The first-order valence-electron chi connectivity index (χ1n) is 4.99. The van der Waals surface area contributed by atoms with E-state index in [0.29, 0.717) is 5.03 Å². The van der Waals surface area contributed by atoms with Crippen molar-refractivity contribution in [2.45, 2.75) is 12.8 Å². The van der Waals surface area contributed by atoms with Crippen LogP contribution in [-0.4, -0.2) is 18.5 Å². The number of allylic oxidation sites excluding steroid dienone is 1. The third kappa shape index (κ3) is 1.91. The second-order valence-electron chi connectivity index (χ2n) is 3.61. The van der Waals surface area contributed by atoms with Gasteiger partial charge in [0.2, 0.25) is 0 Å². The second kappa shape index (κ2) is 4.58. The molecule has 1 N–H and O–H groups in total. The fourth-order valence-corrected chi connectivity index (χ4v) is 2.17. The van der Waals surface area contributed by atoms with E-state index in [4.69, 9.17) is 21.5 Å². The van der Waals surface area contributed by atoms with Crippen LogP contribution in [0.3, 0.4) is 0 Å². The molecule has 0 aliphatic heterocycles. The Kier molecular flexibility index (Phi) is 3.15. The van der Waals surface area contributed by atoms with E-state index in [-0.39, 0.29) is 0 Å². The van der Waals surface area contributed by atoms with Crippen LogP contribution >= 0.6 is 11.6 Å². The van der Waals surface area contributed by atoms with Crippen molar-refractivity contribution in [3.63, 3.8) is 0 Å². The molecule has 0 spiro atoms. The first kappa shape index (κ1) is 11.0. The number of ether oxygens (including phenoxy) is 1. The zero-order chi connectivity index (χ0) is 11.5. The summed E-state index contributed by atoms with van der Waals surface area (Å²) in [5, 5.41) is 12.2. The summed E-state index contributed by atoms with van der Waals surface area (Å²) in [4.78, 5) is 0. The van der Waals surface area contributed by atoms with Crippen LogP contribution in [0.15, 0.2) is 28.9 Å². The van der Waals surface area contributed by atoms with Gasteiger partial charge in [0.1, 0.15) is 5.75 Å². The Morgan fingerprint density at radius 1 is 1.44 bits per heavy atom. The molecule has 0 unspecified atom stereocenters. The molecule has 0 atom stereocenters. The number of hydrogen-bond acceptors (Lipinski definition) is 3. The van der Waals surface area contributed by atoms with Gasteiger partial charge in [-0.1, -0.05) is 22.8 Å². The largest absolute Gasteiger partial charge is 0.497 e. The van der Waals surface area contributed by atoms with E-state index >= 15 is 0 Å². The minimum absolute atomic E-state index is 0.637. The van der Waals surface area contributed by atoms with Crippen molar-refractivity contribution in [3.05, 3.63) is 34.9 Å². The number of fused-ring (bicyclic) bond motifs is 1. The van der Waals surface area contributed by atoms with Gasteiger partial charge in [0.25, 0.3) is 0 Å². The summed E-state index contributed by atoms with van der Waals surface area (Å²) in [6.45, 7) is 0. The second-order valence-corrected chi connectivity index (χ2v) is 3.98. The molecule has 0 amide bonds. The lowest BCUT2D eigenvalue weighted by Gasteiger charge is -2.18. The van der Waals surface area contributed by atoms with Crippen molar-refractivity contribution in [1.29, 1.82) is 0 Å². The van der Waals surface area contributed by atoms with Gasteiger partial charge in [0, 0.05) is 5.56 Å². The maximum absolute atomic E-state index is 8.54. The summed E-state index contributed by atoms with van der Waals surface area (Å²) < 4.78 is 5.16. The summed E-state index contributed by atoms with van der Waals surface area (Å²) >= 11 is 6.24. The zero-order valence-corrected chi connectivity index (χ0v) is 9.66. The third-order valence-electron chi connectivity index (χ3n) is 2.71. The minimum atomic E-state index is 0.637. The Bertz CT molecular complexity index is 466. The average Bonchev–Trinajstić information content (AvgIpc) is 2.33. The number of nitrogens with zero attached hydrogens (tertiary/aromatic N) is 1. The Balaban J connectivity index is 2.50. The number of methoxy groups -OCH3 is 1. The van der Waals surface area contributed by atoms with E-state index in [1.54, 1.807) is 7.11 Å². The van der Waals surface area contributed by atoms with Gasteiger partial charge in [-0.15, -0.1) is 0 Å². The van der Waals surface area contributed by atoms with Gasteiger partial charge in [0.05, 0.1) is 18.4 Å². The molecule has 1 aromatic carbocycles. The predicted octanol–water partition coefficient (Wildman–Crippen LogP) is 3.05. The molecule has 0 bridgehead atoms. The quantitative estimate of drug-likeness (QED) is 0.488. The molecule has 0 aromatic heterocycles. The lowest BCUT2D eigenvalue weighted by atomic mass is 9.92. The van der Waals surface area contributed by atoms with Gasteiger partial charge in [-0.2, -0.15) is 0 Å². The molecule has 3 nitrogen and oxygen atoms in total. The molecule has 1 aliphatic carbocycles. The van der Waals surface area contributed by atoms with E-state index in [1.807, 2.05) is 18.2 Å². The Morgan fingerprint density at radius 3 is 2.94 bits per heavy atom. The van der Waals surface area contributed by atoms with Gasteiger partial charge in [-0.05, 0) is 36.1 Å². The molecule has 0 saturated carbocycles. The SMILES string of the molecule is COc1ccc2c(c1)C(Cl)=C(/C=N/O)CC2. The Labute approximate surface area is 99.0 Å². The van der Waals surface area contributed by atoms with E-state index in [1.165, 1.54) is 11.8 Å². The van der Waals surface area contributed by atoms with Crippen molar-refractivity contribution in [1.82, 2.24) is 0 Å². The number of aryl methyl sites for hydroxylation is 1. The van der Waals surface area contributed by atoms with Crippen LogP contribution in [0.4, 0.5) is 0 Å². The standard InChI is InChI=1S/C12H12ClNO2/c1-16-10-5-4-8-2-3-9(7-14-15)12(13)11(8)6-10/h4-7,15H,2-3H2,1H3/b14-7+. The summed E-state index contributed by atoms with van der Waals surface area (Å²) in [6.07, 6.45) is 3.09. The highest BCUT2D eigenvalue weighted by atomic mass is 35.5. The molecule has 1 aromatic rings. The van der Waals surface area contributed by atoms with Crippen LogP contribution in [0.25, 0.3) is 5.03 Å². The lowest BCUT2D eigenvalue weighted by molar-refractivity contribution is 0.321. The van der Waals surface area contributed by atoms with Crippen molar-refractivity contribution in [2.75, 3.05) is 7.11 Å². The van der Waals surface area contributed by atoms with Crippen LogP contribution in [-0.2, 0) is 6.42 Å². The van der Waals surface area contributed by atoms with Crippen LogP contribution in [0.1, 0.15) is 17.5 Å². The van der Waals surface area contributed by atoms with Crippen molar-refractivity contribution in [2.24, 2.45) is 5.16 Å². The van der Waals surface area contributed by atoms with Gasteiger partial charge in [-0.3, -0.25) is 0 Å². The molecule has 0 saturated heterocycles. The van der Waals surface area contributed by atoms with Crippen molar-refractivity contribution in [3.8, 4) is 5.75 Å². The van der Waals surface area contributed by atoms with Gasteiger partial charge >= 0.3 is 0 Å². The minimum Gasteiger partial charge on any atom is -0.497 e. The number of halogens is 1. The fraction of sp³-hybridized carbons (Fsp3) is 0.250. The number of hydrogen-bond donors (Lipinski definition) is 1. The first-order valence-corrected chi connectivity index (χ1v) is 5.37. The maximum atomic E-state index is 8.54. The normalized spacial score (nSPS) is 15.4. The molecule has 84 valence electrons. The predicted molar refractivity (Wildman–Crippen MR) is 64.4 cm³/mol. The molecule has 0 radical (unpaired) electrons. The highest BCUT2D eigenvalue weighted by Crippen LogP contribution is 2.35. The van der Waals surface area contributed by atoms with Crippen molar-refractivity contribution < 1.29 is 9.94 Å². The van der Waals surface area contributed by atoms with Crippen LogP contribution in [0, 0.1) is 0 Å². The van der Waals surface area contributed by atoms with Gasteiger partial charge in [-0.25, -0.2) is 0 Å². The maximum Gasteiger partial charge on any atom is 0.119 e. The van der Waals surface area contributed by atoms with Crippen LogP contribution < -0.4 is 4.74 Å². The van der Waals surface area contributed by atoms with E-state index in [9.17, 15) is 0 Å². The summed E-state index contributed by atoms with van der Waals surface area (Å²) in [6, 6.07) is 5.85. The number of rotatable bonds is 2. The lowest BCUT2D eigenvalue weighted by Crippen LogP contribution is -2.03. The van der Waals surface area contributed by atoms with E-state index in [2.05, 4.69) is 5.16 Å². The first-order chi connectivity index (χ1) is 7.76. The fourth-order valence-electron chi connectivity index (χ4n) is 1.85. The molecular weight excluding hydrogens is 226 g/mol. The smallest absolute Gasteiger partial charge is 0.119 e. The van der Waals surface area contributed by atoms with E-state index in [0.717, 1.165) is 29.7 Å². The van der Waals surface area contributed by atoms with Crippen LogP contribution in [0.2, 0.25) is 0 Å². The summed E-state index contributed by atoms with van der Waals surface area (Å²) in [5.41, 5.74) is 3.01. The summed E-state index contributed by atoms with van der Waals surface area (Å²) in [7, 11) is 1.62. The molecular formula is C12H12ClNO2. The van der Waals surface area contributed by atoms with Crippen molar-refractivity contribution >= 4 is 22.8 Å². The molecule has 0 fully saturated rings. The average molecular weight is 238 g/mol.